The van der Waals surface area contributed by atoms with Gasteiger partial charge in [-0.05, 0) is 30.3 Å². The molecule has 0 saturated heterocycles. The van der Waals surface area contributed by atoms with Crippen molar-refractivity contribution in [3.8, 4) is 5.75 Å². The van der Waals surface area contributed by atoms with Gasteiger partial charge >= 0.3 is 6.36 Å². The van der Waals surface area contributed by atoms with E-state index in [1.54, 1.807) is 10.3 Å². The first kappa shape index (κ1) is 18.7. The molecular weight excluding hydrogens is 368 g/mol. The van der Waals surface area contributed by atoms with E-state index in [0.717, 1.165) is 36.4 Å². The number of halogens is 4. The fourth-order valence-corrected chi connectivity index (χ4v) is 2.66. The number of carbonyl (C=O) groups excluding carboxylic acids is 1. The summed E-state index contributed by atoms with van der Waals surface area (Å²) in [5.41, 5.74) is 1.47. The maximum Gasteiger partial charge on any atom is 0.573 e. The van der Waals surface area contributed by atoms with E-state index in [0.29, 0.717) is 0 Å². The Labute approximate surface area is 139 Å². The van der Waals surface area contributed by atoms with Crippen molar-refractivity contribution in [3.05, 3.63) is 59.9 Å². The number of hydrogen-bond donors (Lipinski definition) is 2. The molecule has 6 nitrogen and oxygen atoms in total. The van der Waals surface area contributed by atoms with Gasteiger partial charge in [-0.3, -0.25) is 10.2 Å². The molecule has 0 spiro atoms. The molecule has 0 aliphatic carbocycles. The van der Waals surface area contributed by atoms with E-state index in [4.69, 9.17) is 0 Å². The zero-order chi connectivity index (χ0) is 18.7. The molecule has 0 aliphatic rings. The van der Waals surface area contributed by atoms with Crippen molar-refractivity contribution < 1.29 is 35.5 Å². The third-order valence-electron chi connectivity index (χ3n) is 2.75. The van der Waals surface area contributed by atoms with Crippen molar-refractivity contribution in [3.63, 3.8) is 0 Å². The fraction of sp³-hybridized carbons (Fsp3) is 0.0714. The first-order chi connectivity index (χ1) is 11.6. The van der Waals surface area contributed by atoms with E-state index in [1.165, 1.54) is 12.1 Å². The normalized spacial score (nSPS) is 11.8. The predicted octanol–water partition coefficient (Wildman–Crippen LogP) is 2.35. The van der Waals surface area contributed by atoms with Crippen LogP contribution in [0.2, 0.25) is 0 Å². The van der Waals surface area contributed by atoms with Gasteiger partial charge in [0, 0.05) is 5.56 Å². The SMILES string of the molecule is O=C(NNS(=O)(=O)c1ccccc1F)c1cccc(OC(F)(F)F)c1. The van der Waals surface area contributed by atoms with Crippen molar-refractivity contribution in [2.75, 3.05) is 0 Å². The van der Waals surface area contributed by atoms with Gasteiger partial charge < -0.3 is 4.74 Å². The molecule has 134 valence electrons. The van der Waals surface area contributed by atoms with Crippen molar-refractivity contribution in [1.29, 1.82) is 0 Å². The second-order valence-electron chi connectivity index (χ2n) is 4.57. The molecule has 2 rings (SSSR count). The number of amides is 1. The number of rotatable bonds is 5. The van der Waals surface area contributed by atoms with E-state index < -0.39 is 38.8 Å². The predicted molar refractivity (Wildman–Crippen MR) is 77.3 cm³/mol. The lowest BCUT2D eigenvalue weighted by atomic mass is 10.2. The summed E-state index contributed by atoms with van der Waals surface area (Å²) in [5, 5.41) is 0. The Bertz CT molecular complexity index is 884. The van der Waals surface area contributed by atoms with E-state index in [1.807, 2.05) is 0 Å². The molecule has 1 amide bonds. The number of carbonyl (C=O) groups is 1. The fourth-order valence-electron chi connectivity index (χ4n) is 1.74. The van der Waals surface area contributed by atoms with Crippen LogP contribution in [0, 0.1) is 5.82 Å². The number of hydrazine groups is 1. The van der Waals surface area contributed by atoms with Crippen molar-refractivity contribution in [2.24, 2.45) is 0 Å². The van der Waals surface area contributed by atoms with Crippen LogP contribution in [0.15, 0.2) is 53.4 Å². The zero-order valence-corrected chi connectivity index (χ0v) is 13.0. The lowest BCUT2D eigenvalue weighted by Crippen LogP contribution is -2.41. The maximum atomic E-state index is 13.5. The van der Waals surface area contributed by atoms with Crippen LogP contribution in [0.3, 0.4) is 0 Å². The Morgan fingerprint density at radius 2 is 1.72 bits per heavy atom. The highest BCUT2D eigenvalue weighted by Gasteiger charge is 2.31. The highest BCUT2D eigenvalue weighted by atomic mass is 32.2. The Balaban J connectivity index is 2.10. The van der Waals surface area contributed by atoms with E-state index in [9.17, 15) is 30.8 Å². The average Bonchev–Trinajstić information content (AvgIpc) is 2.51. The molecule has 0 saturated carbocycles. The highest BCUT2D eigenvalue weighted by Crippen LogP contribution is 2.23. The van der Waals surface area contributed by atoms with Crippen molar-refractivity contribution >= 4 is 15.9 Å². The van der Waals surface area contributed by atoms with Gasteiger partial charge in [-0.15, -0.1) is 18.0 Å². The quantitative estimate of drug-likeness (QED) is 0.618. The lowest BCUT2D eigenvalue weighted by molar-refractivity contribution is -0.274. The minimum Gasteiger partial charge on any atom is -0.406 e. The van der Waals surface area contributed by atoms with Gasteiger partial charge in [0.2, 0.25) is 0 Å². The van der Waals surface area contributed by atoms with Gasteiger partial charge in [-0.25, -0.2) is 12.8 Å². The molecule has 0 fully saturated rings. The van der Waals surface area contributed by atoms with Gasteiger partial charge in [0.1, 0.15) is 16.5 Å². The third-order valence-corrected chi connectivity index (χ3v) is 4.04. The van der Waals surface area contributed by atoms with E-state index in [2.05, 4.69) is 4.74 Å². The van der Waals surface area contributed by atoms with Crippen LogP contribution >= 0.6 is 0 Å². The molecule has 0 bridgehead atoms. The monoisotopic (exact) mass is 378 g/mol. The van der Waals surface area contributed by atoms with Gasteiger partial charge in [-0.1, -0.05) is 18.2 Å². The summed E-state index contributed by atoms with van der Waals surface area (Å²) in [7, 11) is -4.40. The molecule has 0 aliphatic heterocycles. The topological polar surface area (TPSA) is 84.5 Å². The molecule has 0 atom stereocenters. The third kappa shape index (κ3) is 5.16. The minimum absolute atomic E-state index is 0.307. The Morgan fingerprint density at radius 3 is 2.36 bits per heavy atom. The highest BCUT2D eigenvalue weighted by molar-refractivity contribution is 7.89. The number of ether oxygens (including phenoxy) is 1. The van der Waals surface area contributed by atoms with Gasteiger partial charge in [0.15, 0.2) is 0 Å². The van der Waals surface area contributed by atoms with Gasteiger partial charge in [0.05, 0.1) is 0 Å². The summed E-state index contributed by atoms with van der Waals surface area (Å²) in [4.78, 5) is 12.8. The van der Waals surface area contributed by atoms with E-state index in [-0.39, 0.29) is 5.56 Å². The largest absolute Gasteiger partial charge is 0.573 e. The Kier molecular flexibility index (Phi) is 5.28. The van der Waals surface area contributed by atoms with E-state index >= 15 is 0 Å². The summed E-state index contributed by atoms with van der Waals surface area (Å²) >= 11 is 0. The standard InChI is InChI=1S/C14H10F4N2O4S/c15-11-6-1-2-7-12(11)25(22,23)20-19-13(21)9-4-3-5-10(8-9)24-14(16,17)18/h1-8,20H,(H,19,21). The Hall–Kier alpha value is -2.66. The summed E-state index contributed by atoms with van der Waals surface area (Å²) in [5.74, 6) is -2.76. The van der Waals surface area contributed by atoms with Crippen LogP contribution in [-0.2, 0) is 10.0 Å². The lowest BCUT2D eigenvalue weighted by Gasteiger charge is -2.11. The summed E-state index contributed by atoms with van der Waals surface area (Å²) < 4.78 is 77.4. The Morgan fingerprint density at radius 1 is 1.04 bits per heavy atom. The van der Waals surface area contributed by atoms with Crippen LogP contribution in [-0.4, -0.2) is 20.7 Å². The number of benzene rings is 2. The van der Waals surface area contributed by atoms with Crippen LogP contribution < -0.4 is 15.0 Å². The zero-order valence-electron chi connectivity index (χ0n) is 12.2. The first-order valence-electron chi connectivity index (χ1n) is 6.51. The smallest absolute Gasteiger partial charge is 0.406 e. The molecule has 0 unspecified atom stereocenters. The summed E-state index contributed by atoms with van der Waals surface area (Å²) in [6.07, 6.45) is -4.94. The van der Waals surface area contributed by atoms with Crippen LogP contribution in [0.25, 0.3) is 0 Å². The summed E-state index contributed by atoms with van der Waals surface area (Å²) in [6, 6.07) is 8.41. The van der Waals surface area contributed by atoms with Gasteiger partial charge in [0.25, 0.3) is 15.9 Å². The molecule has 11 heteroatoms. The molecule has 0 radical (unpaired) electrons. The van der Waals surface area contributed by atoms with Crippen LogP contribution in [0.4, 0.5) is 17.6 Å². The van der Waals surface area contributed by atoms with Crippen LogP contribution in [0.1, 0.15) is 10.4 Å². The average molecular weight is 378 g/mol. The second kappa shape index (κ2) is 7.07. The molecule has 0 heterocycles. The minimum atomic E-state index is -4.94. The second-order valence-corrected chi connectivity index (χ2v) is 6.22. The number of sulfonamides is 1. The number of alkyl halides is 3. The maximum absolute atomic E-state index is 13.5. The van der Waals surface area contributed by atoms with Crippen LogP contribution in [0.5, 0.6) is 5.75 Å². The van der Waals surface area contributed by atoms with Crippen molar-refractivity contribution in [1.82, 2.24) is 10.3 Å². The number of nitrogens with one attached hydrogen (secondary N) is 2. The first-order valence-corrected chi connectivity index (χ1v) is 7.99. The number of hydrogen-bond acceptors (Lipinski definition) is 4. The molecular formula is C14H10F4N2O4S. The molecule has 0 aromatic heterocycles. The molecule has 2 aromatic carbocycles. The molecule has 2 N–H and O–H groups in total. The summed E-state index contributed by atoms with van der Waals surface area (Å²) in [6.45, 7) is 0. The van der Waals surface area contributed by atoms with Gasteiger partial charge in [-0.2, -0.15) is 0 Å². The van der Waals surface area contributed by atoms with Crippen molar-refractivity contribution in [2.45, 2.75) is 11.3 Å². The molecule has 2 aromatic rings. The molecule has 25 heavy (non-hydrogen) atoms.